The Morgan fingerprint density at radius 2 is 1.89 bits per heavy atom. The number of nitrogens with one attached hydrogen (secondary N) is 1. The van der Waals surface area contributed by atoms with Crippen LogP contribution in [0.1, 0.15) is 17.0 Å². The minimum absolute atomic E-state index is 0.0550. The summed E-state index contributed by atoms with van der Waals surface area (Å²) in [5, 5.41) is 7.83. The van der Waals surface area contributed by atoms with Gasteiger partial charge in [-0.15, -0.1) is 0 Å². The van der Waals surface area contributed by atoms with E-state index in [9.17, 15) is 4.79 Å². The average molecular weight is 384 g/mol. The molecule has 0 saturated heterocycles. The summed E-state index contributed by atoms with van der Waals surface area (Å²) >= 11 is 6.00. The van der Waals surface area contributed by atoms with E-state index in [0.717, 1.165) is 29.1 Å². The lowest BCUT2D eigenvalue weighted by atomic mass is 10.1. The van der Waals surface area contributed by atoms with Gasteiger partial charge in [-0.25, -0.2) is 4.68 Å². The standard InChI is InChI=1S/C21H22ClN3O2/c1-15-13-16(2)25(24-15)18-9-7-17(8-10-18)11-12-23-21(26)14-27-20-6-4-3-5-19(20)22/h3-10,13H,11-12,14H2,1-2H3,(H,23,26). The van der Waals surface area contributed by atoms with Gasteiger partial charge >= 0.3 is 0 Å². The highest BCUT2D eigenvalue weighted by Gasteiger charge is 2.06. The van der Waals surface area contributed by atoms with E-state index in [1.165, 1.54) is 0 Å². The predicted octanol–water partition coefficient (Wildman–Crippen LogP) is 3.88. The molecule has 6 heteroatoms. The van der Waals surface area contributed by atoms with Crippen molar-refractivity contribution >= 4 is 17.5 Å². The summed E-state index contributed by atoms with van der Waals surface area (Å²) in [4.78, 5) is 11.9. The predicted molar refractivity (Wildman–Crippen MR) is 107 cm³/mol. The average Bonchev–Trinajstić information content (AvgIpc) is 3.00. The summed E-state index contributed by atoms with van der Waals surface area (Å²) < 4.78 is 7.35. The van der Waals surface area contributed by atoms with Gasteiger partial charge in [0.1, 0.15) is 5.75 Å². The van der Waals surface area contributed by atoms with E-state index in [1.807, 2.05) is 48.9 Å². The first-order valence-corrected chi connectivity index (χ1v) is 9.17. The molecule has 1 aromatic heterocycles. The number of carbonyl (C=O) groups excluding carboxylic acids is 1. The van der Waals surface area contributed by atoms with Crippen molar-refractivity contribution in [1.29, 1.82) is 0 Å². The number of hydrogen-bond donors (Lipinski definition) is 1. The lowest BCUT2D eigenvalue weighted by Gasteiger charge is -2.09. The molecule has 0 aliphatic heterocycles. The van der Waals surface area contributed by atoms with Crippen LogP contribution in [0.25, 0.3) is 5.69 Å². The molecule has 0 radical (unpaired) electrons. The number of benzene rings is 2. The number of carbonyl (C=O) groups is 1. The number of para-hydroxylation sites is 1. The first-order valence-electron chi connectivity index (χ1n) is 8.79. The van der Waals surface area contributed by atoms with Crippen molar-refractivity contribution in [1.82, 2.24) is 15.1 Å². The van der Waals surface area contributed by atoms with E-state index in [4.69, 9.17) is 16.3 Å². The maximum Gasteiger partial charge on any atom is 0.257 e. The molecule has 27 heavy (non-hydrogen) atoms. The number of ether oxygens (including phenoxy) is 1. The second-order valence-corrected chi connectivity index (χ2v) is 6.73. The van der Waals surface area contributed by atoms with Gasteiger partial charge in [0.15, 0.2) is 6.61 Å². The van der Waals surface area contributed by atoms with Crippen LogP contribution in [0, 0.1) is 13.8 Å². The van der Waals surface area contributed by atoms with Crippen molar-refractivity contribution in [3.05, 3.63) is 76.6 Å². The Bertz CT molecular complexity index is 919. The summed E-state index contributed by atoms with van der Waals surface area (Å²) in [6.45, 7) is 4.51. The number of amides is 1. The Kier molecular flexibility index (Phi) is 6.14. The van der Waals surface area contributed by atoms with Gasteiger partial charge in [0.05, 0.1) is 16.4 Å². The zero-order valence-electron chi connectivity index (χ0n) is 15.4. The molecule has 140 valence electrons. The third kappa shape index (κ3) is 5.11. The molecule has 0 atom stereocenters. The second-order valence-electron chi connectivity index (χ2n) is 6.32. The molecule has 0 fully saturated rings. The quantitative estimate of drug-likeness (QED) is 0.673. The Balaban J connectivity index is 1.45. The molecule has 0 aliphatic rings. The smallest absolute Gasteiger partial charge is 0.257 e. The molecular formula is C21H22ClN3O2. The number of aryl methyl sites for hydroxylation is 2. The van der Waals surface area contributed by atoms with Crippen molar-refractivity contribution in [3.8, 4) is 11.4 Å². The normalized spacial score (nSPS) is 10.6. The van der Waals surface area contributed by atoms with Crippen molar-refractivity contribution in [2.24, 2.45) is 0 Å². The Hall–Kier alpha value is -2.79. The van der Waals surface area contributed by atoms with E-state index in [2.05, 4.69) is 22.5 Å². The molecule has 0 bridgehead atoms. The third-order valence-corrected chi connectivity index (χ3v) is 4.43. The van der Waals surface area contributed by atoms with Crippen LogP contribution in [0.5, 0.6) is 5.75 Å². The topological polar surface area (TPSA) is 56.2 Å². The zero-order valence-corrected chi connectivity index (χ0v) is 16.2. The third-order valence-electron chi connectivity index (χ3n) is 4.12. The van der Waals surface area contributed by atoms with Crippen LogP contribution in [0.15, 0.2) is 54.6 Å². The lowest BCUT2D eigenvalue weighted by molar-refractivity contribution is -0.123. The second kappa shape index (κ2) is 8.73. The number of aromatic nitrogens is 2. The highest BCUT2D eigenvalue weighted by molar-refractivity contribution is 6.32. The summed E-state index contributed by atoms with van der Waals surface area (Å²) in [5.41, 5.74) is 4.28. The van der Waals surface area contributed by atoms with Crippen molar-refractivity contribution < 1.29 is 9.53 Å². The van der Waals surface area contributed by atoms with Gasteiger partial charge in [-0.1, -0.05) is 35.9 Å². The maximum atomic E-state index is 11.9. The molecule has 1 heterocycles. The Morgan fingerprint density at radius 3 is 2.56 bits per heavy atom. The van der Waals surface area contributed by atoms with E-state index in [-0.39, 0.29) is 12.5 Å². The van der Waals surface area contributed by atoms with Crippen LogP contribution in [0.3, 0.4) is 0 Å². The molecule has 2 aromatic carbocycles. The molecule has 5 nitrogen and oxygen atoms in total. The van der Waals surface area contributed by atoms with Crippen LogP contribution >= 0.6 is 11.6 Å². The lowest BCUT2D eigenvalue weighted by Crippen LogP contribution is -2.30. The highest BCUT2D eigenvalue weighted by Crippen LogP contribution is 2.22. The van der Waals surface area contributed by atoms with Gasteiger partial charge in [0.25, 0.3) is 5.91 Å². The van der Waals surface area contributed by atoms with Crippen molar-refractivity contribution in [2.75, 3.05) is 13.2 Å². The first-order chi connectivity index (χ1) is 13.0. The van der Waals surface area contributed by atoms with Crippen LogP contribution in [-0.2, 0) is 11.2 Å². The molecule has 1 N–H and O–H groups in total. The van der Waals surface area contributed by atoms with Crippen LogP contribution in [0.4, 0.5) is 0 Å². The van der Waals surface area contributed by atoms with Crippen LogP contribution in [-0.4, -0.2) is 28.8 Å². The van der Waals surface area contributed by atoms with Crippen LogP contribution in [0.2, 0.25) is 5.02 Å². The molecule has 0 aliphatic carbocycles. The minimum atomic E-state index is -0.172. The number of hydrogen-bond acceptors (Lipinski definition) is 3. The molecule has 0 unspecified atom stereocenters. The summed E-state index contributed by atoms with van der Waals surface area (Å²) in [7, 11) is 0. The van der Waals surface area contributed by atoms with E-state index in [0.29, 0.717) is 17.3 Å². The molecule has 0 spiro atoms. The summed E-state index contributed by atoms with van der Waals surface area (Å²) in [6.07, 6.45) is 0.745. The maximum absolute atomic E-state index is 11.9. The van der Waals surface area contributed by atoms with Gasteiger partial charge in [-0.05, 0) is 56.2 Å². The molecular weight excluding hydrogens is 362 g/mol. The fourth-order valence-electron chi connectivity index (χ4n) is 2.80. The first kappa shape index (κ1) is 19.0. The molecule has 3 rings (SSSR count). The molecule has 3 aromatic rings. The van der Waals surface area contributed by atoms with E-state index in [1.54, 1.807) is 12.1 Å². The summed E-state index contributed by atoms with van der Waals surface area (Å²) in [5.74, 6) is 0.336. The van der Waals surface area contributed by atoms with E-state index < -0.39 is 0 Å². The zero-order chi connectivity index (χ0) is 19.2. The van der Waals surface area contributed by atoms with Crippen LogP contribution < -0.4 is 10.1 Å². The number of nitrogens with zero attached hydrogens (tertiary/aromatic N) is 2. The largest absolute Gasteiger partial charge is 0.482 e. The Labute approximate surface area is 163 Å². The molecule has 0 saturated carbocycles. The van der Waals surface area contributed by atoms with Gasteiger partial charge in [-0.2, -0.15) is 5.10 Å². The van der Waals surface area contributed by atoms with Gasteiger partial charge in [0.2, 0.25) is 0 Å². The number of rotatable bonds is 7. The van der Waals surface area contributed by atoms with Crippen molar-refractivity contribution in [3.63, 3.8) is 0 Å². The molecule has 1 amide bonds. The number of halogens is 1. The van der Waals surface area contributed by atoms with E-state index >= 15 is 0 Å². The minimum Gasteiger partial charge on any atom is -0.482 e. The highest BCUT2D eigenvalue weighted by atomic mass is 35.5. The SMILES string of the molecule is Cc1cc(C)n(-c2ccc(CCNC(=O)COc3ccccc3Cl)cc2)n1. The fraction of sp³-hybridized carbons (Fsp3) is 0.238. The van der Waals surface area contributed by atoms with Gasteiger partial charge in [0, 0.05) is 12.2 Å². The monoisotopic (exact) mass is 383 g/mol. The summed E-state index contributed by atoms with van der Waals surface area (Å²) in [6, 6.07) is 17.3. The Morgan fingerprint density at radius 1 is 1.15 bits per heavy atom. The van der Waals surface area contributed by atoms with Gasteiger partial charge < -0.3 is 10.1 Å². The van der Waals surface area contributed by atoms with Crippen molar-refractivity contribution in [2.45, 2.75) is 20.3 Å². The fourth-order valence-corrected chi connectivity index (χ4v) is 2.99. The van der Waals surface area contributed by atoms with Gasteiger partial charge in [-0.3, -0.25) is 4.79 Å².